The number of benzene rings is 3. The van der Waals surface area contributed by atoms with E-state index in [0.29, 0.717) is 28.8 Å². The molecule has 0 aliphatic rings. The van der Waals surface area contributed by atoms with Gasteiger partial charge in [0.15, 0.2) is 18.1 Å². The fraction of sp³-hybridized carbons (Fsp3) is 0.240. The van der Waals surface area contributed by atoms with Crippen molar-refractivity contribution in [2.45, 2.75) is 26.4 Å². The van der Waals surface area contributed by atoms with Crippen LogP contribution in [0.3, 0.4) is 0 Å². The Morgan fingerprint density at radius 3 is 2.45 bits per heavy atom. The molecule has 1 atom stereocenters. The highest BCUT2D eigenvalue weighted by Gasteiger charge is 2.15. The van der Waals surface area contributed by atoms with E-state index in [2.05, 4.69) is 29.7 Å². The van der Waals surface area contributed by atoms with Crippen LogP contribution >= 0.6 is 11.6 Å². The van der Waals surface area contributed by atoms with Crippen LogP contribution in [0.15, 0.2) is 66.7 Å². The van der Waals surface area contributed by atoms with Gasteiger partial charge in [-0.25, -0.2) is 0 Å². The number of rotatable bonds is 9. The average molecular weight is 439 g/mol. The number of ether oxygens (including phenoxy) is 2. The lowest BCUT2D eigenvalue weighted by molar-refractivity contribution is -0.118. The highest BCUT2D eigenvalue weighted by Crippen LogP contribution is 2.36. The van der Waals surface area contributed by atoms with E-state index in [1.165, 1.54) is 5.56 Å². The van der Waals surface area contributed by atoms with Gasteiger partial charge in [0.05, 0.1) is 12.1 Å². The minimum Gasteiger partial charge on any atom is -0.493 e. The number of carbonyl (C=O) groups is 1. The first-order chi connectivity index (χ1) is 15.0. The summed E-state index contributed by atoms with van der Waals surface area (Å²) in [7, 11) is 1.55. The molecule has 0 heterocycles. The van der Waals surface area contributed by atoms with Crippen LogP contribution in [0.5, 0.6) is 11.5 Å². The smallest absolute Gasteiger partial charge is 0.262 e. The first-order valence-corrected chi connectivity index (χ1v) is 10.5. The predicted octanol–water partition coefficient (Wildman–Crippen LogP) is 5.53. The van der Waals surface area contributed by atoms with Crippen molar-refractivity contribution in [2.24, 2.45) is 0 Å². The van der Waals surface area contributed by atoms with E-state index in [9.17, 15) is 4.79 Å². The summed E-state index contributed by atoms with van der Waals surface area (Å²) in [4.78, 5) is 12.2. The molecule has 3 aromatic rings. The van der Waals surface area contributed by atoms with Crippen molar-refractivity contribution in [3.63, 3.8) is 0 Å². The topological polar surface area (TPSA) is 59.6 Å². The summed E-state index contributed by atoms with van der Waals surface area (Å²) in [5, 5.41) is 6.67. The number of halogens is 1. The van der Waals surface area contributed by atoms with Crippen LogP contribution < -0.4 is 20.1 Å². The summed E-state index contributed by atoms with van der Waals surface area (Å²) >= 11 is 6.44. The number of nitrogens with one attached hydrogen (secondary N) is 2. The molecule has 0 aliphatic heterocycles. The average Bonchev–Trinajstić information content (AvgIpc) is 2.78. The van der Waals surface area contributed by atoms with E-state index in [4.69, 9.17) is 21.1 Å². The lowest BCUT2D eigenvalue weighted by atomic mass is 10.1. The second-order valence-corrected chi connectivity index (χ2v) is 7.73. The van der Waals surface area contributed by atoms with Crippen LogP contribution in [0.25, 0.3) is 0 Å². The van der Waals surface area contributed by atoms with Gasteiger partial charge in [0, 0.05) is 18.3 Å². The summed E-state index contributed by atoms with van der Waals surface area (Å²) in [6.07, 6.45) is 0. The zero-order valence-corrected chi connectivity index (χ0v) is 18.7. The Morgan fingerprint density at radius 2 is 1.77 bits per heavy atom. The molecule has 0 saturated carbocycles. The molecule has 1 amide bonds. The van der Waals surface area contributed by atoms with Gasteiger partial charge in [-0.05, 0) is 49.2 Å². The molecule has 31 heavy (non-hydrogen) atoms. The number of aryl methyl sites for hydroxylation is 1. The molecule has 6 heteroatoms. The minimum atomic E-state index is -0.274. The SMILES string of the molecule is COc1cc(CN[C@@H](C)c2ccccc2)cc(Cl)c1OCC(=O)Nc1ccc(C)cc1. The third-order valence-corrected chi connectivity index (χ3v) is 5.16. The van der Waals surface area contributed by atoms with Gasteiger partial charge in [0.2, 0.25) is 0 Å². The van der Waals surface area contributed by atoms with Crippen LogP contribution in [0.4, 0.5) is 5.69 Å². The van der Waals surface area contributed by atoms with Crippen molar-refractivity contribution >= 4 is 23.2 Å². The van der Waals surface area contributed by atoms with Crippen LogP contribution in [0.1, 0.15) is 29.7 Å². The van der Waals surface area contributed by atoms with Gasteiger partial charge >= 0.3 is 0 Å². The zero-order valence-electron chi connectivity index (χ0n) is 17.9. The fourth-order valence-electron chi connectivity index (χ4n) is 3.12. The van der Waals surface area contributed by atoms with Crippen molar-refractivity contribution in [1.29, 1.82) is 0 Å². The Balaban J connectivity index is 1.60. The molecule has 0 unspecified atom stereocenters. The molecule has 0 radical (unpaired) electrons. The van der Waals surface area contributed by atoms with Crippen LogP contribution in [-0.2, 0) is 11.3 Å². The third kappa shape index (κ3) is 6.48. The quantitative estimate of drug-likeness (QED) is 0.461. The molecular weight excluding hydrogens is 412 g/mol. The number of methoxy groups -OCH3 is 1. The molecule has 0 aliphatic carbocycles. The second kappa shape index (κ2) is 10.8. The Morgan fingerprint density at radius 1 is 1.06 bits per heavy atom. The van der Waals surface area contributed by atoms with Gasteiger partial charge in [-0.15, -0.1) is 0 Å². The van der Waals surface area contributed by atoms with Crippen molar-refractivity contribution in [3.8, 4) is 11.5 Å². The van der Waals surface area contributed by atoms with E-state index in [1.807, 2.05) is 61.5 Å². The lowest BCUT2D eigenvalue weighted by Crippen LogP contribution is -2.20. The van der Waals surface area contributed by atoms with E-state index < -0.39 is 0 Å². The maximum atomic E-state index is 12.2. The van der Waals surface area contributed by atoms with E-state index in [-0.39, 0.29) is 18.6 Å². The van der Waals surface area contributed by atoms with Gasteiger partial charge in [0.25, 0.3) is 5.91 Å². The first kappa shape index (κ1) is 22.7. The molecule has 0 aromatic heterocycles. The third-order valence-electron chi connectivity index (χ3n) is 4.88. The molecule has 162 valence electrons. The van der Waals surface area contributed by atoms with E-state index in [0.717, 1.165) is 11.1 Å². The van der Waals surface area contributed by atoms with Crippen LogP contribution in [0, 0.1) is 6.92 Å². The second-order valence-electron chi connectivity index (χ2n) is 7.33. The van der Waals surface area contributed by atoms with E-state index >= 15 is 0 Å². The molecule has 5 nitrogen and oxygen atoms in total. The number of amides is 1. The maximum absolute atomic E-state index is 12.2. The molecule has 3 rings (SSSR count). The highest BCUT2D eigenvalue weighted by atomic mass is 35.5. The number of hydrogen-bond acceptors (Lipinski definition) is 4. The maximum Gasteiger partial charge on any atom is 0.262 e. The standard InChI is InChI=1S/C25H27ClN2O3/c1-17-9-11-21(12-10-17)28-24(29)16-31-25-22(26)13-19(14-23(25)30-3)15-27-18(2)20-7-5-4-6-8-20/h4-14,18,27H,15-16H2,1-3H3,(H,28,29)/t18-/m0/s1. The molecule has 0 bridgehead atoms. The minimum absolute atomic E-state index is 0.174. The summed E-state index contributed by atoms with van der Waals surface area (Å²) in [5.41, 5.74) is 4.01. The highest BCUT2D eigenvalue weighted by molar-refractivity contribution is 6.32. The summed E-state index contributed by atoms with van der Waals surface area (Å²) in [6, 6.07) is 21.7. The van der Waals surface area contributed by atoms with E-state index in [1.54, 1.807) is 7.11 Å². The summed E-state index contributed by atoms with van der Waals surface area (Å²) in [6.45, 7) is 4.54. The van der Waals surface area contributed by atoms with Crippen LogP contribution in [0.2, 0.25) is 5.02 Å². The number of hydrogen-bond donors (Lipinski definition) is 2. The van der Waals surface area contributed by atoms with Crippen molar-refractivity contribution < 1.29 is 14.3 Å². The van der Waals surface area contributed by atoms with Crippen molar-refractivity contribution in [3.05, 3.63) is 88.4 Å². The van der Waals surface area contributed by atoms with Gasteiger partial charge in [-0.3, -0.25) is 4.79 Å². The Kier molecular flexibility index (Phi) is 7.93. The van der Waals surface area contributed by atoms with Gasteiger partial charge in [-0.2, -0.15) is 0 Å². The molecule has 0 saturated heterocycles. The van der Waals surface area contributed by atoms with Gasteiger partial charge in [-0.1, -0.05) is 59.6 Å². The molecule has 0 spiro atoms. The Labute approximate surface area is 188 Å². The predicted molar refractivity (Wildman–Crippen MR) is 125 cm³/mol. The molecular formula is C25H27ClN2O3. The van der Waals surface area contributed by atoms with Gasteiger partial charge in [0.1, 0.15) is 0 Å². The monoisotopic (exact) mass is 438 g/mol. The normalized spacial score (nSPS) is 11.6. The van der Waals surface area contributed by atoms with Crippen molar-refractivity contribution in [1.82, 2.24) is 5.32 Å². The lowest BCUT2D eigenvalue weighted by Gasteiger charge is -2.17. The molecule has 0 fully saturated rings. The largest absolute Gasteiger partial charge is 0.493 e. The van der Waals surface area contributed by atoms with Gasteiger partial charge < -0.3 is 20.1 Å². The molecule has 2 N–H and O–H groups in total. The Hall–Kier alpha value is -3.02. The van der Waals surface area contributed by atoms with Crippen molar-refractivity contribution in [2.75, 3.05) is 19.0 Å². The molecule has 3 aromatic carbocycles. The summed E-state index contributed by atoms with van der Waals surface area (Å²) < 4.78 is 11.1. The van der Waals surface area contributed by atoms with Crippen LogP contribution in [-0.4, -0.2) is 19.6 Å². The zero-order chi connectivity index (χ0) is 22.2. The summed E-state index contributed by atoms with van der Waals surface area (Å²) in [5.74, 6) is 0.562. The number of anilines is 1. The Bertz CT molecular complexity index is 1010. The number of carbonyl (C=O) groups excluding carboxylic acids is 1. The fourth-order valence-corrected chi connectivity index (χ4v) is 3.41. The first-order valence-electron chi connectivity index (χ1n) is 10.1.